The lowest BCUT2D eigenvalue weighted by Gasteiger charge is -2.43. The highest BCUT2D eigenvalue weighted by molar-refractivity contribution is 9.11. The molecule has 27 heavy (non-hydrogen) atoms. The van der Waals surface area contributed by atoms with Gasteiger partial charge in [0.1, 0.15) is 5.70 Å². The normalized spacial score (nSPS) is 21.3. The largest absolute Gasteiger partial charge is 0.448 e. The lowest BCUT2D eigenvalue weighted by molar-refractivity contribution is -0.158. The third kappa shape index (κ3) is 3.10. The number of benzene rings is 2. The van der Waals surface area contributed by atoms with E-state index in [0.29, 0.717) is 12.1 Å². The lowest BCUT2D eigenvalue weighted by Crippen LogP contribution is -2.58. The number of hydrogen-bond acceptors (Lipinski definition) is 3. The second kappa shape index (κ2) is 7.31. The minimum Gasteiger partial charge on any atom is -0.448 e. The zero-order valence-electron chi connectivity index (χ0n) is 15.0. The summed E-state index contributed by atoms with van der Waals surface area (Å²) >= 11 is 3.50. The van der Waals surface area contributed by atoms with E-state index in [2.05, 4.69) is 15.9 Å². The number of rotatable bonds is 5. The first kappa shape index (κ1) is 18.0. The van der Waals surface area contributed by atoms with Crippen molar-refractivity contribution in [3.8, 4) is 0 Å². The van der Waals surface area contributed by atoms with Crippen molar-refractivity contribution in [2.24, 2.45) is 5.92 Å². The molecule has 0 aliphatic carbocycles. The quantitative estimate of drug-likeness (QED) is 0.520. The molecule has 0 radical (unpaired) electrons. The number of β-lactam (4-membered cyclic amide) rings is 1. The number of hydrogen-bond donors (Lipinski definition) is 0. The van der Waals surface area contributed by atoms with Crippen LogP contribution in [-0.2, 0) is 14.3 Å². The van der Waals surface area contributed by atoms with Gasteiger partial charge in [-0.3, -0.25) is 4.79 Å². The van der Waals surface area contributed by atoms with Gasteiger partial charge in [-0.1, -0.05) is 83.5 Å². The van der Waals surface area contributed by atoms with Gasteiger partial charge in [0, 0.05) is 10.9 Å². The first-order valence-corrected chi connectivity index (χ1v) is 9.93. The van der Waals surface area contributed by atoms with E-state index in [4.69, 9.17) is 4.74 Å². The Labute approximate surface area is 167 Å². The van der Waals surface area contributed by atoms with E-state index >= 15 is 0 Å². The summed E-state index contributed by atoms with van der Waals surface area (Å²) in [5, 5.41) is 0. The number of nitrogens with zero attached hydrogens (tertiary/aromatic N) is 1. The number of esters is 1. The van der Waals surface area contributed by atoms with Crippen LogP contribution in [0.3, 0.4) is 0 Å². The summed E-state index contributed by atoms with van der Waals surface area (Å²) in [4.78, 5) is 27.1. The maximum absolute atomic E-state index is 13.0. The van der Waals surface area contributed by atoms with Gasteiger partial charge >= 0.3 is 5.97 Å². The molecular formula is C22H20BrNO3. The highest BCUT2D eigenvalue weighted by Gasteiger charge is 2.54. The Morgan fingerprint density at radius 2 is 1.67 bits per heavy atom. The number of halogens is 1. The van der Waals surface area contributed by atoms with Gasteiger partial charge in [-0.2, -0.15) is 0 Å². The molecular weight excluding hydrogens is 406 g/mol. The molecule has 2 atom stereocenters. The molecule has 1 fully saturated rings. The average molecular weight is 426 g/mol. The summed E-state index contributed by atoms with van der Waals surface area (Å²) in [6.07, 6.45) is 0.944. The van der Waals surface area contributed by atoms with Crippen LogP contribution in [0.25, 0.3) is 0 Å². The Hall–Kier alpha value is -2.40. The molecule has 1 saturated heterocycles. The minimum atomic E-state index is -0.523. The zero-order chi connectivity index (χ0) is 19.0. The molecule has 2 aromatic carbocycles. The maximum Gasteiger partial charge on any atom is 0.356 e. The molecule has 0 N–H and O–H groups in total. The average Bonchev–Trinajstić information content (AvgIpc) is 3.00. The third-order valence-electron chi connectivity index (χ3n) is 5.30. The molecule has 1 amide bonds. The zero-order valence-corrected chi connectivity index (χ0v) is 16.6. The van der Waals surface area contributed by atoms with Crippen LogP contribution in [0.1, 0.15) is 37.0 Å². The van der Waals surface area contributed by atoms with E-state index in [-0.39, 0.29) is 17.9 Å². The second-order valence-electron chi connectivity index (χ2n) is 6.85. The predicted octanol–water partition coefficient (Wildman–Crippen LogP) is 4.57. The molecule has 4 nitrogen and oxygen atoms in total. The first-order valence-electron chi connectivity index (χ1n) is 9.14. The van der Waals surface area contributed by atoms with Crippen molar-refractivity contribution < 1.29 is 14.3 Å². The van der Waals surface area contributed by atoms with Crippen LogP contribution in [0.5, 0.6) is 0 Å². The van der Waals surface area contributed by atoms with Crippen molar-refractivity contribution in [3.05, 3.63) is 82.0 Å². The summed E-state index contributed by atoms with van der Waals surface area (Å²) in [6.45, 7) is 2.00. The van der Waals surface area contributed by atoms with Crippen LogP contribution in [0, 0.1) is 5.92 Å². The van der Waals surface area contributed by atoms with E-state index in [0.717, 1.165) is 22.0 Å². The summed E-state index contributed by atoms with van der Waals surface area (Å²) in [5.74, 6) is -0.452. The molecule has 4 rings (SSSR count). The number of carbonyl (C=O) groups is 2. The Kier molecular flexibility index (Phi) is 4.87. The fraction of sp³-hybridized carbons (Fsp3) is 0.273. The van der Waals surface area contributed by atoms with Crippen LogP contribution in [0.4, 0.5) is 0 Å². The molecule has 5 heteroatoms. The highest BCUT2D eigenvalue weighted by Crippen LogP contribution is 2.46. The molecule has 2 heterocycles. The van der Waals surface area contributed by atoms with Crippen LogP contribution < -0.4 is 0 Å². The predicted molar refractivity (Wildman–Crippen MR) is 106 cm³/mol. The van der Waals surface area contributed by atoms with Gasteiger partial charge in [-0.15, -0.1) is 0 Å². The van der Waals surface area contributed by atoms with Gasteiger partial charge in [0.15, 0.2) is 6.10 Å². The van der Waals surface area contributed by atoms with Crippen molar-refractivity contribution in [2.45, 2.75) is 31.9 Å². The molecule has 138 valence electrons. The Morgan fingerprint density at radius 3 is 2.19 bits per heavy atom. The molecule has 2 aliphatic rings. The molecule has 0 saturated carbocycles. The van der Waals surface area contributed by atoms with Gasteiger partial charge in [0.2, 0.25) is 5.91 Å². The van der Waals surface area contributed by atoms with Gasteiger partial charge in [-0.25, -0.2) is 4.79 Å². The van der Waals surface area contributed by atoms with Gasteiger partial charge in [-0.05, 0) is 17.5 Å². The van der Waals surface area contributed by atoms with Crippen molar-refractivity contribution in [3.63, 3.8) is 0 Å². The number of fused-ring (bicyclic) bond motifs is 1. The van der Waals surface area contributed by atoms with Crippen LogP contribution >= 0.6 is 15.9 Å². The van der Waals surface area contributed by atoms with Crippen molar-refractivity contribution in [1.29, 1.82) is 0 Å². The molecule has 2 unspecified atom stereocenters. The Balaban J connectivity index is 1.62. The maximum atomic E-state index is 13.0. The fourth-order valence-corrected chi connectivity index (χ4v) is 4.61. The molecule has 0 spiro atoms. The minimum absolute atomic E-state index is 0.00175. The standard InChI is InChI=1S/C22H20BrNO3/c1-2-16-18-13-17(23)19(24(18)21(16)25)22(26)27-20(14-9-5-3-6-10-14)15-11-7-4-8-12-15/h3-12,16,18,20H,2,13H2,1H3. The van der Waals surface area contributed by atoms with Crippen LogP contribution in [0.2, 0.25) is 0 Å². The molecule has 2 aliphatic heterocycles. The van der Waals surface area contributed by atoms with E-state index in [1.54, 1.807) is 4.90 Å². The highest BCUT2D eigenvalue weighted by atomic mass is 79.9. The molecule has 2 aromatic rings. The van der Waals surface area contributed by atoms with Gasteiger partial charge in [0.25, 0.3) is 0 Å². The smallest absolute Gasteiger partial charge is 0.356 e. The summed E-state index contributed by atoms with van der Waals surface area (Å²) in [7, 11) is 0. The third-order valence-corrected chi connectivity index (χ3v) is 6.00. The fourth-order valence-electron chi connectivity index (χ4n) is 3.93. The molecule has 0 bridgehead atoms. The lowest BCUT2D eigenvalue weighted by atomic mass is 9.85. The van der Waals surface area contributed by atoms with Gasteiger partial charge in [0.05, 0.1) is 12.0 Å². The monoisotopic (exact) mass is 425 g/mol. The number of carbonyl (C=O) groups excluding carboxylic acids is 2. The second-order valence-corrected chi connectivity index (χ2v) is 7.81. The Bertz CT molecular complexity index is 855. The van der Waals surface area contributed by atoms with E-state index in [9.17, 15) is 9.59 Å². The van der Waals surface area contributed by atoms with Crippen molar-refractivity contribution in [2.75, 3.05) is 0 Å². The summed E-state index contributed by atoms with van der Waals surface area (Å²) < 4.78 is 6.68. The van der Waals surface area contributed by atoms with Crippen LogP contribution in [-0.4, -0.2) is 22.8 Å². The number of ether oxygens (including phenoxy) is 1. The van der Waals surface area contributed by atoms with Gasteiger partial charge < -0.3 is 9.64 Å². The topological polar surface area (TPSA) is 46.6 Å². The van der Waals surface area contributed by atoms with Crippen LogP contribution in [0.15, 0.2) is 70.8 Å². The summed E-state index contributed by atoms with van der Waals surface area (Å²) in [5.41, 5.74) is 2.14. The van der Waals surface area contributed by atoms with E-state index < -0.39 is 12.1 Å². The van der Waals surface area contributed by atoms with E-state index in [1.807, 2.05) is 67.6 Å². The van der Waals surface area contributed by atoms with Crippen molar-refractivity contribution >= 4 is 27.8 Å². The first-order chi connectivity index (χ1) is 13.1. The summed E-state index contributed by atoms with van der Waals surface area (Å²) in [6, 6.07) is 19.4. The number of amides is 1. The van der Waals surface area contributed by atoms with Crippen molar-refractivity contribution in [1.82, 2.24) is 4.90 Å². The molecule has 0 aromatic heterocycles. The van der Waals surface area contributed by atoms with E-state index in [1.165, 1.54) is 0 Å². The SMILES string of the molecule is CCC1C(=O)N2C(C(=O)OC(c3ccccc3)c3ccccc3)=C(Br)CC12. The Morgan fingerprint density at radius 1 is 1.11 bits per heavy atom.